The van der Waals surface area contributed by atoms with Gasteiger partial charge in [0.2, 0.25) is 5.75 Å². The molecule has 0 spiro atoms. The predicted molar refractivity (Wildman–Crippen MR) is 174 cm³/mol. The van der Waals surface area contributed by atoms with E-state index in [0.717, 1.165) is 12.1 Å². The second-order valence-electron chi connectivity index (χ2n) is 10.2. The van der Waals surface area contributed by atoms with Crippen molar-refractivity contribution in [2.24, 2.45) is 4.99 Å². The van der Waals surface area contributed by atoms with Gasteiger partial charge in [-0.15, -0.1) is 0 Å². The molecule has 0 aliphatic carbocycles. The molecule has 13 heteroatoms. The number of ether oxygens (including phenoxy) is 2. The van der Waals surface area contributed by atoms with E-state index in [1.165, 1.54) is 22.0 Å². The highest BCUT2D eigenvalue weighted by atomic mass is 32.1. The molecule has 0 amide bonds. The molecular weight excluding hydrogens is 624 g/mol. The summed E-state index contributed by atoms with van der Waals surface area (Å²) in [7, 11) is 0. The standard InChI is InChI=1S/C34H24N4O8S/c1-2-45-33(40)29-30(22-9-5-3-6-10-22)35-34-36(31(29)23-11-7-4-8-12-23)32(39)28(47-34)19-21-13-16-25(17-14-21)46-27-18-15-24(37(41)42)20-26(27)38(43)44/h3-20,31H,2H2,1H3/b28-19-/t31-/m1/s1. The molecule has 1 aromatic heterocycles. The smallest absolute Gasteiger partial charge is 0.338 e. The maximum atomic E-state index is 14.0. The number of rotatable bonds is 9. The summed E-state index contributed by atoms with van der Waals surface area (Å²) >= 11 is 1.18. The molecule has 0 unspecified atom stereocenters. The van der Waals surface area contributed by atoms with Gasteiger partial charge in [0.15, 0.2) is 4.80 Å². The topological polar surface area (TPSA) is 156 Å². The SMILES string of the molecule is CCOC(=O)C1=C(c2ccccc2)N=c2s/c(=C\c3ccc(Oc4ccc([N+](=O)[O-])cc4[N+](=O)[O-])cc3)c(=O)n2[C@@H]1c1ccccc1. The average Bonchev–Trinajstić information content (AvgIpc) is 3.39. The number of benzene rings is 4. The Balaban J connectivity index is 1.42. The zero-order chi connectivity index (χ0) is 33.1. The fourth-order valence-electron chi connectivity index (χ4n) is 5.15. The summed E-state index contributed by atoms with van der Waals surface area (Å²) in [6.07, 6.45) is 1.68. The lowest BCUT2D eigenvalue weighted by atomic mass is 9.93. The number of fused-ring (bicyclic) bond motifs is 1. The van der Waals surface area contributed by atoms with Crippen LogP contribution in [-0.2, 0) is 9.53 Å². The molecule has 12 nitrogen and oxygen atoms in total. The molecule has 1 aliphatic heterocycles. The first kappa shape index (κ1) is 30.8. The zero-order valence-electron chi connectivity index (χ0n) is 24.6. The van der Waals surface area contributed by atoms with Crippen molar-refractivity contribution in [1.29, 1.82) is 0 Å². The monoisotopic (exact) mass is 648 g/mol. The highest BCUT2D eigenvalue weighted by Crippen LogP contribution is 2.36. The van der Waals surface area contributed by atoms with E-state index < -0.39 is 33.2 Å². The van der Waals surface area contributed by atoms with E-state index in [0.29, 0.717) is 31.7 Å². The van der Waals surface area contributed by atoms with Gasteiger partial charge < -0.3 is 9.47 Å². The lowest BCUT2D eigenvalue weighted by Crippen LogP contribution is -2.39. The highest BCUT2D eigenvalue weighted by molar-refractivity contribution is 7.07. The Hall–Kier alpha value is -6.21. The van der Waals surface area contributed by atoms with Crippen molar-refractivity contribution in [3.63, 3.8) is 0 Å². The van der Waals surface area contributed by atoms with Crippen molar-refractivity contribution in [1.82, 2.24) is 4.57 Å². The molecule has 0 saturated heterocycles. The molecule has 47 heavy (non-hydrogen) atoms. The summed E-state index contributed by atoms with van der Waals surface area (Å²) in [6.45, 7) is 1.87. The fraction of sp³-hybridized carbons (Fsp3) is 0.0882. The molecule has 0 N–H and O–H groups in total. The maximum absolute atomic E-state index is 14.0. The van der Waals surface area contributed by atoms with Crippen LogP contribution in [0.5, 0.6) is 11.5 Å². The van der Waals surface area contributed by atoms with Gasteiger partial charge in [-0.1, -0.05) is 84.1 Å². The Morgan fingerprint density at radius 3 is 2.26 bits per heavy atom. The third-order valence-corrected chi connectivity index (χ3v) is 8.23. The summed E-state index contributed by atoms with van der Waals surface area (Å²) in [5, 5.41) is 22.5. The van der Waals surface area contributed by atoms with Gasteiger partial charge in [-0.25, -0.2) is 9.79 Å². The number of non-ortho nitro benzene ring substituents is 1. The number of nitro benzene ring substituents is 2. The van der Waals surface area contributed by atoms with Crippen molar-refractivity contribution in [2.45, 2.75) is 13.0 Å². The second-order valence-corrected chi connectivity index (χ2v) is 11.2. The van der Waals surface area contributed by atoms with E-state index in [1.54, 1.807) is 37.3 Å². The highest BCUT2D eigenvalue weighted by Gasteiger charge is 2.35. The summed E-state index contributed by atoms with van der Waals surface area (Å²) in [5.74, 6) is -0.479. The number of carbonyl (C=O) groups excluding carboxylic acids is 1. The zero-order valence-corrected chi connectivity index (χ0v) is 25.5. The maximum Gasteiger partial charge on any atom is 0.338 e. The third-order valence-electron chi connectivity index (χ3n) is 7.24. The fourth-order valence-corrected chi connectivity index (χ4v) is 6.15. The number of thiazole rings is 1. The summed E-state index contributed by atoms with van der Waals surface area (Å²) in [4.78, 5) is 53.8. The number of nitrogens with zero attached hydrogens (tertiary/aromatic N) is 4. The summed E-state index contributed by atoms with van der Waals surface area (Å²) in [6, 6.07) is 27.3. The molecule has 1 aliphatic rings. The Bertz CT molecular complexity index is 2230. The first-order chi connectivity index (χ1) is 22.7. The summed E-state index contributed by atoms with van der Waals surface area (Å²) in [5.41, 5.74) is 1.40. The van der Waals surface area contributed by atoms with Gasteiger partial charge in [0.1, 0.15) is 5.75 Å². The van der Waals surface area contributed by atoms with Crippen LogP contribution in [0.4, 0.5) is 11.4 Å². The van der Waals surface area contributed by atoms with E-state index in [2.05, 4.69) is 0 Å². The van der Waals surface area contributed by atoms with Crippen LogP contribution in [0.3, 0.4) is 0 Å². The minimum Gasteiger partial charge on any atom is -0.463 e. The third kappa shape index (κ3) is 6.19. The largest absolute Gasteiger partial charge is 0.463 e. The van der Waals surface area contributed by atoms with Crippen LogP contribution in [0.25, 0.3) is 11.8 Å². The molecule has 0 bridgehead atoms. The second kappa shape index (κ2) is 13.0. The van der Waals surface area contributed by atoms with Crippen molar-refractivity contribution in [3.05, 3.63) is 165 Å². The number of aromatic nitrogens is 1. The van der Waals surface area contributed by atoms with E-state index in [4.69, 9.17) is 14.5 Å². The van der Waals surface area contributed by atoms with Crippen molar-refractivity contribution < 1.29 is 24.1 Å². The number of carbonyl (C=O) groups is 1. The molecule has 0 saturated carbocycles. The molecule has 2 heterocycles. The Morgan fingerprint density at radius 2 is 1.62 bits per heavy atom. The van der Waals surface area contributed by atoms with Crippen molar-refractivity contribution in [3.8, 4) is 11.5 Å². The van der Waals surface area contributed by atoms with Gasteiger partial charge in [0.05, 0.1) is 44.4 Å². The van der Waals surface area contributed by atoms with Gasteiger partial charge >= 0.3 is 11.7 Å². The van der Waals surface area contributed by atoms with E-state index in [9.17, 15) is 29.8 Å². The summed E-state index contributed by atoms with van der Waals surface area (Å²) < 4.78 is 13.0. The lowest BCUT2D eigenvalue weighted by molar-refractivity contribution is -0.394. The Labute approximate surface area is 270 Å². The normalized spacial score (nSPS) is 14.2. The lowest BCUT2D eigenvalue weighted by Gasteiger charge is -2.25. The van der Waals surface area contributed by atoms with Gasteiger partial charge in [0, 0.05) is 11.6 Å². The van der Waals surface area contributed by atoms with Crippen molar-refractivity contribution in [2.75, 3.05) is 6.61 Å². The van der Waals surface area contributed by atoms with Crippen LogP contribution >= 0.6 is 11.3 Å². The van der Waals surface area contributed by atoms with Crippen LogP contribution in [0.1, 0.15) is 29.7 Å². The molecule has 5 aromatic rings. The Morgan fingerprint density at radius 1 is 0.936 bits per heavy atom. The van der Waals surface area contributed by atoms with Crippen molar-refractivity contribution >= 4 is 40.5 Å². The number of nitro groups is 2. The molecule has 4 aromatic carbocycles. The molecular formula is C34H24N4O8S. The minimum atomic E-state index is -0.794. The molecule has 6 rings (SSSR count). The van der Waals surface area contributed by atoms with E-state index in [1.807, 2.05) is 60.7 Å². The van der Waals surface area contributed by atoms with Crippen LogP contribution in [0.2, 0.25) is 0 Å². The first-order valence-corrected chi connectivity index (χ1v) is 15.1. The number of hydrogen-bond acceptors (Lipinski definition) is 10. The quantitative estimate of drug-likeness (QED) is 0.115. The average molecular weight is 649 g/mol. The Kier molecular flexibility index (Phi) is 8.54. The molecule has 1 atom stereocenters. The van der Waals surface area contributed by atoms with Crippen LogP contribution in [0.15, 0.2) is 118 Å². The molecule has 0 radical (unpaired) electrons. The van der Waals surface area contributed by atoms with Gasteiger partial charge in [-0.05, 0) is 42.3 Å². The van der Waals surface area contributed by atoms with E-state index in [-0.39, 0.29) is 29.2 Å². The van der Waals surface area contributed by atoms with E-state index >= 15 is 0 Å². The van der Waals surface area contributed by atoms with Gasteiger partial charge in [0.25, 0.3) is 11.2 Å². The number of hydrogen-bond donors (Lipinski definition) is 0. The molecule has 234 valence electrons. The van der Waals surface area contributed by atoms with Crippen LogP contribution < -0.4 is 19.6 Å². The van der Waals surface area contributed by atoms with Gasteiger partial charge in [-0.3, -0.25) is 29.6 Å². The first-order valence-electron chi connectivity index (χ1n) is 14.3. The predicted octanol–water partition coefficient (Wildman–Crippen LogP) is 5.54. The molecule has 0 fully saturated rings. The van der Waals surface area contributed by atoms with Crippen LogP contribution in [0, 0.1) is 20.2 Å². The van der Waals surface area contributed by atoms with Crippen LogP contribution in [-0.4, -0.2) is 27.0 Å². The minimum absolute atomic E-state index is 0.146. The van der Waals surface area contributed by atoms with Gasteiger partial charge in [-0.2, -0.15) is 0 Å². The number of esters is 1.